The maximum absolute atomic E-state index is 12.8. The van der Waals surface area contributed by atoms with Gasteiger partial charge in [0, 0.05) is 27.2 Å². The third-order valence-electron chi connectivity index (χ3n) is 5.38. The molecular weight excluding hydrogens is 606 g/mol. The number of Topliss-reactive ketones (excluding diaryl/α,β-unsaturated/α-hetero) is 1. The molecule has 10 heteroatoms. The monoisotopic (exact) mass is 629 g/mol. The van der Waals surface area contributed by atoms with Crippen LogP contribution in [0.3, 0.4) is 0 Å². The molecule has 0 aliphatic carbocycles. The van der Waals surface area contributed by atoms with Crippen molar-refractivity contribution in [3.05, 3.63) is 92.9 Å². The molecule has 0 saturated carbocycles. The number of benzene rings is 3. The van der Waals surface area contributed by atoms with Gasteiger partial charge in [-0.2, -0.15) is 0 Å². The Bertz CT molecular complexity index is 1340. The quantitative estimate of drug-likeness (QED) is 0.123. The Labute approximate surface area is 231 Å². The first-order valence-corrected chi connectivity index (χ1v) is 12.7. The van der Waals surface area contributed by atoms with Crippen LogP contribution in [0.1, 0.15) is 35.9 Å². The Morgan fingerprint density at radius 2 is 1.70 bits per heavy atom. The largest absolute Gasteiger partial charge is 0.506 e. The molecule has 192 valence electrons. The fourth-order valence-corrected chi connectivity index (χ4v) is 4.69. The zero-order chi connectivity index (χ0) is 27.1. The number of ether oxygens (including phenoxy) is 1. The Morgan fingerprint density at radius 1 is 1.03 bits per heavy atom. The second kappa shape index (κ2) is 12.6. The SMILES string of the molecule is CC(=O)c1ccc(NC(=O)O[C@@H](c2cc(Br)cc(Br)c2O)[C@@H](C)/C=C/C(=O)Nc2ccccc2N)cc1. The predicted octanol–water partition coefficient (Wildman–Crippen LogP) is 6.82. The van der Waals surface area contributed by atoms with E-state index >= 15 is 0 Å². The van der Waals surface area contributed by atoms with Gasteiger partial charge in [0.05, 0.1) is 15.8 Å². The number of ketones is 1. The predicted molar refractivity (Wildman–Crippen MR) is 151 cm³/mol. The van der Waals surface area contributed by atoms with Gasteiger partial charge in [0.1, 0.15) is 11.9 Å². The highest BCUT2D eigenvalue weighted by atomic mass is 79.9. The molecule has 0 bridgehead atoms. The van der Waals surface area contributed by atoms with Crippen molar-refractivity contribution in [2.45, 2.75) is 20.0 Å². The number of anilines is 3. The normalized spacial score (nSPS) is 12.5. The van der Waals surface area contributed by atoms with Crippen LogP contribution in [-0.2, 0) is 9.53 Å². The summed E-state index contributed by atoms with van der Waals surface area (Å²) in [6, 6.07) is 16.5. The Balaban J connectivity index is 1.81. The van der Waals surface area contributed by atoms with Gasteiger partial charge < -0.3 is 20.9 Å². The van der Waals surface area contributed by atoms with E-state index in [1.54, 1.807) is 73.7 Å². The van der Waals surface area contributed by atoms with E-state index in [4.69, 9.17) is 10.5 Å². The summed E-state index contributed by atoms with van der Waals surface area (Å²) >= 11 is 6.69. The summed E-state index contributed by atoms with van der Waals surface area (Å²) in [6.45, 7) is 3.20. The lowest BCUT2D eigenvalue weighted by atomic mass is 9.96. The van der Waals surface area contributed by atoms with Crippen LogP contribution < -0.4 is 16.4 Å². The number of amides is 2. The van der Waals surface area contributed by atoms with Crippen LogP contribution in [0.2, 0.25) is 0 Å². The lowest BCUT2D eigenvalue weighted by Crippen LogP contribution is -2.22. The number of phenolic OH excluding ortho intramolecular Hbond substituents is 1. The van der Waals surface area contributed by atoms with Crippen LogP contribution >= 0.6 is 31.9 Å². The van der Waals surface area contributed by atoms with Crippen molar-refractivity contribution in [1.82, 2.24) is 0 Å². The smallest absolute Gasteiger partial charge is 0.412 e. The number of hydrogen-bond donors (Lipinski definition) is 4. The maximum atomic E-state index is 12.8. The summed E-state index contributed by atoms with van der Waals surface area (Å²) in [5.41, 5.74) is 8.04. The molecule has 2 atom stereocenters. The van der Waals surface area contributed by atoms with Gasteiger partial charge in [0.25, 0.3) is 0 Å². The van der Waals surface area contributed by atoms with Gasteiger partial charge in [-0.15, -0.1) is 0 Å². The van der Waals surface area contributed by atoms with Crippen LogP contribution in [0.5, 0.6) is 5.75 Å². The molecule has 0 heterocycles. The minimum Gasteiger partial charge on any atom is -0.506 e. The van der Waals surface area contributed by atoms with Crippen molar-refractivity contribution >= 4 is 66.7 Å². The van der Waals surface area contributed by atoms with Crippen molar-refractivity contribution in [2.24, 2.45) is 5.92 Å². The average Bonchev–Trinajstić information content (AvgIpc) is 2.85. The molecule has 2 amide bonds. The van der Waals surface area contributed by atoms with Crippen molar-refractivity contribution in [3.8, 4) is 5.75 Å². The summed E-state index contributed by atoms with van der Waals surface area (Å²) in [5, 5.41) is 16.0. The van der Waals surface area contributed by atoms with Crippen molar-refractivity contribution in [1.29, 1.82) is 0 Å². The number of phenols is 1. The first kappa shape index (κ1) is 27.9. The van der Waals surface area contributed by atoms with Crippen molar-refractivity contribution in [2.75, 3.05) is 16.4 Å². The molecule has 0 aromatic heterocycles. The van der Waals surface area contributed by atoms with Gasteiger partial charge in [-0.05, 0) is 77.5 Å². The molecule has 0 aliphatic rings. The number of nitrogens with one attached hydrogen (secondary N) is 2. The second-order valence-electron chi connectivity index (χ2n) is 8.20. The second-order valence-corrected chi connectivity index (χ2v) is 9.97. The number of hydrogen-bond acceptors (Lipinski definition) is 6. The zero-order valence-electron chi connectivity index (χ0n) is 20.0. The van der Waals surface area contributed by atoms with E-state index in [0.29, 0.717) is 37.1 Å². The molecule has 0 fully saturated rings. The minimum absolute atomic E-state index is 0.0931. The van der Waals surface area contributed by atoms with E-state index in [1.165, 1.54) is 13.0 Å². The number of carbonyl (C=O) groups excluding carboxylic acids is 3. The first-order valence-electron chi connectivity index (χ1n) is 11.2. The number of carbonyl (C=O) groups is 3. The number of rotatable bonds is 8. The highest BCUT2D eigenvalue weighted by molar-refractivity contribution is 9.11. The Morgan fingerprint density at radius 3 is 2.35 bits per heavy atom. The van der Waals surface area contributed by atoms with E-state index in [9.17, 15) is 19.5 Å². The highest BCUT2D eigenvalue weighted by Crippen LogP contribution is 2.40. The fraction of sp³-hybridized carbons (Fsp3) is 0.148. The molecule has 8 nitrogen and oxygen atoms in total. The van der Waals surface area contributed by atoms with Crippen LogP contribution in [0.15, 0.2) is 81.8 Å². The number of nitrogen functional groups attached to an aromatic ring is 1. The summed E-state index contributed by atoms with van der Waals surface area (Å²) in [6.07, 6.45) is 1.15. The van der Waals surface area contributed by atoms with Gasteiger partial charge in [0.15, 0.2) is 5.78 Å². The lowest BCUT2D eigenvalue weighted by molar-refractivity contribution is -0.111. The number of para-hydroxylation sites is 2. The first-order chi connectivity index (χ1) is 17.5. The van der Waals surface area contributed by atoms with E-state index in [0.717, 1.165) is 0 Å². The highest BCUT2D eigenvalue weighted by Gasteiger charge is 2.27. The fourth-order valence-electron chi connectivity index (χ4n) is 3.43. The third kappa shape index (κ3) is 7.68. The Kier molecular flexibility index (Phi) is 9.48. The van der Waals surface area contributed by atoms with Crippen LogP contribution in [-0.4, -0.2) is 22.9 Å². The lowest BCUT2D eigenvalue weighted by Gasteiger charge is -2.24. The summed E-state index contributed by atoms with van der Waals surface area (Å²) in [5.74, 6) is -1.15. The topological polar surface area (TPSA) is 131 Å². The van der Waals surface area contributed by atoms with Gasteiger partial charge in [-0.3, -0.25) is 14.9 Å². The molecule has 3 aromatic carbocycles. The summed E-state index contributed by atoms with van der Waals surface area (Å²) < 4.78 is 6.77. The average molecular weight is 631 g/mol. The van der Waals surface area contributed by atoms with Crippen LogP contribution in [0.25, 0.3) is 0 Å². The summed E-state index contributed by atoms with van der Waals surface area (Å²) in [7, 11) is 0. The minimum atomic E-state index is -0.962. The maximum Gasteiger partial charge on any atom is 0.412 e. The molecule has 3 aromatic rings. The molecular formula is C27H25Br2N3O5. The standard InChI is InChI=1S/C27H25Br2N3O5/c1-15(7-12-24(34)32-23-6-4-3-5-22(23)30)26(20-13-18(28)14-21(29)25(20)35)37-27(36)31-19-10-8-17(9-11-19)16(2)33/h3-15,26,35H,30H2,1-2H3,(H,31,36)(H,32,34)/b12-7+/t15-,26+/m0/s1. The molecule has 37 heavy (non-hydrogen) atoms. The zero-order valence-corrected chi connectivity index (χ0v) is 23.2. The molecule has 0 radical (unpaired) electrons. The molecule has 0 unspecified atom stereocenters. The van der Waals surface area contributed by atoms with Crippen LogP contribution in [0.4, 0.5) is 21.9 Å². The molecule has 0 aliphatic heterocycles. The van der Waals surface area contributed by atoms with Gasteiger partial charge in [0.2, 0.25) is 5.91 Å². The van der Waals surface area contributed by atoms with Gasteiger partial charge in [-0.1, -0.05) is 41.1 Å². The van der Waals surface area contributed by atoms with E-state index in [1.807, 2.05) is 0 Å². The van der Waals surface area contributed by atoms with Crippen LogP contribution in [0, 0.1) is 5.92 Å². The number of nitrogens with two attached hydrogens (primary N) is 1. The molecule has 0 spiro atoms. The van der Waals surface area contributed by atoms with Crippen molar-refractivity contribution < 1.29 is 24.2 Å². The van der Waals surface area contributed by atoms with Gasteiger partial charge >= 0.3 is 6.09 Å². The van der Waals surface area contributed by atoms with E-state index in [2.05, 4.69) is 42.5 Å². The number of aromatic hydroxyl groups is 1. The van der Waals surface area contributed by atoms with Gasteiger partial charge in [-0.25, -0.2) is 4.79 Å². The van der Waals surface area contributed by atoms with E-state index in [-0.39, 0.29) is 11.5 Å². The number of halogens is 2. The summed E-state index contributed by atoms with van der Waals surface area (Å²) in [4.78, 5) is 36.8. The van der Waals surface area contributed by atoms with E-state index < -0.39 is 24.0 Å². The molecule has 5 N–H and O–H groups in total. The third-order valence-corrected chi connectivity index (χ3v) is 6.45. The molecule has 0 saturated heterocycles. The molecule has 3 rings (SSSR count). The Hall–Kier alpha value is -3.63. The van der Waals surface area contributed by atoms with Crippen molar-refractivity contribution in [3.63, 3.8) is 0 Å².